The van der Waals surface area contributed by atoms with Crippen molar-refractivity contribution in [3.8, 4) is 0 Å². The van der Waals surface area contributed by atoms with E-state index >= 15 is 0 Å². The summed E-state index contributed by atoms with van der Waals surface area (Å²) in [6.07, 6.45) is 3.05. The first kappa shape index (κ1) is 15.5. The zero-order valence-electron chi connectivity index (χ0n) is 12.2. The molecule has 0 saturated carbocycles. The summed E-state index contributed by atoms with van der Waals surface area (Å²) in [6.45, 7) is 3.18. The molecule has 0 aliphatic heterocycles. The van der Waals surface area contributed by atoms with Crippen LogP contribution in [0.15, 0.2) is 24.3 Å². The number of nitrogens with one attached hydrogen (secondary N) is 1. The van der Waals surface area contributed by atoms with Crippen molar-refractivity contribution in [1.29, 1.82) is 0 Å². The lowest BCUT2D eigenvalue weighted by atomic mass is 10.1. The summed E-state index contributed by atoms with van der Waals surface area (Å²) in [5.74, 6) is 1.80. The van der Waals surface area contributed by atoms with Crippen LogP contribution in [0.2, 0.25) is 0 Å². The highest BCUT2D eigenvalue weighted by atomic mass is 32.2. The lowest BCUT2D eigenvalue weighted by Crippen LogP contribution is -2.24. The first-order valence-corrected chi connectivity index (χ1v) is 8.19. The normalized spacial score (nSPS) is 10.6. The Morgan fingerprint density at radius 3 is 2.71 bits per heavy atom. The molecule has 0 unspecified atom stereocenters. The minimum absolute atomic E-state index is 0.0266. The topological polar surface area (TPSA) is 72.7 Å². The third-order valence-electron chi connectivity index (χ3n) is 3.07. The van der Waals surface area contributed by atoms with Crippen molar-refractivity contribution in [3.05, 3.63) is 41.2 Å². The van der Waals surface area contributed by atoms with Crippen LogP contribution in [0.1, 0.15) is 28.2 Å². The first-order chi connectivity index (χ1) is 10.2. The van der Waals surface area contributed by atoms with Gasteiger partial charge in [0.15, 0.2) is 0 Å². The summed E-state index contributed by atoms with van der Waals surface area (Å²) >= 11 is 1.78. The van der Waals surface area contributed by atoms with Crippen molar-refractivity contribution in [2.75, 3.05) is 18.6 Å². The van der Waals surface area contributed by atoms with Crippen LogP contribution in [0.5, 0.6) is 0 Å². The Kier molecular flexibility index (Phi) is 5.74. The molecule has 0 fully saturated rings. The zero-order valence-corrected chi connectivity index (χ0v) is 13.1. The van der Waals surface area contributed by atoms with E-state index in [0.717, 1.165) is 23.6 Å². The number of hydrogen-bond donors (Lipinski definition) is 1. The number of rotatable bonds is 7. The molecular weight excluding hydrogens is 286 g/mol. The SMILES string of the molecule is CSCCCNC(=O)c1ccc(Cn2nnnc2C)cc1. The maximum Gasteiger partial charge on any atom is 0.251 e. The smallest absolute Gasteiger partial charge is 0.251 e. The van der Waals surface area contributed by atoms with Gasteiger partial charge in [0.2, 0.25) is 0 Å². The Bertz CT molecular complexity index is 581. The Balaban J connectivity index is 1.89. The fraction of sp³-hybridized carbons (Fsp3) is 0.429. The second-order valence-corrected chi connectivity index (χ2v) is 5.67. The van der Waals surface area contributed by atoms with Gasteiger partial charge in [-0.2, -0.15) is 11.8 Å². The van der Waals surface area contributed by atoms with Crippen LogP contribution in [-0.4, -0.2) is 44.7 Å². The summed E-state index contributed by atoms with van der Waals surface area (Å²) in [7, 11) is 0. The molecule has 2 rings (SSSR count). The van der Waals surface area contributed by atoms with Crippen LogP contribution in [-0.2, 0) is 6.54 Å². The molecule has 1 aromatic heterocycles. The van der Waals surface area contributed by atoms with E-state index in [1.807, 2.05) is 31.2 Å². The quantitative estimate of drug-likeness (QED) is 0.785. The van der Waals surface area contributed by atoms with Crippen LogP contribution < -0.4 is 5.32 Å². The average Bonchev–Trinajstić information content (AvgIpc) is 2.89. The van der Waals surface area contributed by atoms with E-state index in [2.05, 4.69) is 27.1 Å². The number of aryl methyl sites for hydroxylation is 1. The summed E-state index contributed by atoms with van der Waals surface area (Å²) in [5.41, 5.74) is 1.74. The monoisotopic (exact) mass is 305 g/mol. The number of carbonyl (C=O) groups excluding carboxylic acids is 1. The van der Waals surface area contributed by atoms with E-state index in [1.54, 1.807) is 16.4 Å². The highest BCUT2D eigenvalue weighted by Gasteiger charge is 2.06. The van der Waals surface area contributed by atoms with Gasteiger partial charge in [0, 0.05) is 12.1 Å². The number of nitrogens with zero attached hydrogens (tertiary/aromatic N) is 4. The number of aromatic nitrogens is 4. The van der Waals surface area contributed by atoms with Gasteiger partial charge in [0.05, 0.1) is 6.54 Å². The first-order valence-electron chi connectivity index (χ1n) is 6.79. The van der Waals surface area contributed by atoms with Crippen LogP contribution >= 0.6 is 11.8 Å². The Morgan fingerprint density at radius 1 is 1.33 bits per heavy atom. The molecule has 0 bridgehead atoms. The molecule has 1 N–H and O–H groups in total. The summed E-state index contributed by atoms with van der Waals surface area (Å²) < 4.78 is 1.72. The Hall–Kier alpha value is -1.89. The molecule has 0 radical (unpaired) electrons. The summed E-state index contributed by atoms with van der Waals surface area (Å²) in [6, 6.07) is 7.52. The molecular formula is C14H19N5OS. The molecule has 7 heteroatoms. The highest BCUT2D eigenvalue weighted by molar-refractivity contribution is 7.98. The highest BCUT2D eigenvalue weighted by Crippen LogP contribution is 2.07. The maximum atomic E-state index is 11.9. The molecule has 0 aliphatic carbocycles. The van der Waals surface area contributed by atoms with Crippen LogP contribution in [0.25, 0.3) is 0 Å². The minimum atomic E-state index is -0.0266. The van der Waals surface area contributed by atoms with Gasteiger partial charge in [0.25, 0.3) is 5.91 Å². The fourth-order valence-corrected chi connectivity index (χ4v) is 2.28. The van der Waals surface area contributed by atoms with Gasteiger partial charge in [-0.25, -0.2) is 4.68 Å². The van der Waals surface area contributed by atoms with Crippen LogP contribution in [0.3, 0.4) is 0 Å². The predicted molar refractivity (Wildman–Crippen MR) is 83.4 cm³/mol. The van der Waals surface area contributed by atoms with E-state index in [4.69, 9.17) is 0 Å². The molecule has 21 heavy (non-hydrogen) atoms. The van der Waals surface area contributed by atoms with Crippen LogP contribution in [0.4, 0.5) is 0 Å². The molecule has 112 valence electrons. The number of hydrogen-bond acceptors (Lipinski definition) is 5. The number of thioether (sulfide) groups is 1. The number of amides is 1. The average molecular weight is 305 g/mol. The lowest BCUT2D eigenvalue weighted by molar-refractivity contribution is 0.0954. The van der Waals surface area contributed by atoms with Crippen molar-refractivity contribution in [3.63, 3.8) is 0 Å². The van der Waals surface area contributed by atoms with Crippen molar-refractivity contribution in [2.45, 2.75) is 19.9 Å². The minimum Gasteiger partial charge on any atom is -0.352 e. The Morgan fingerprint density at radius 2 is 2.10 bits per heavy atom. The van der Waals surface area contributed by atoms with Crippen molar-refractivity contribution < 1.29 is 4.79 Å². The Labute approximate surface area is 128 Å². The van der Waals surface area contributed by atoms with E-state index < -0.39 is 0 Å². The predicted octanol–water partition coefficient (Wildman–Crippen LogP) is 1.51. The number of carbonyl (C=O) groups is 1. The van der Waals surface area contributed by atoms with Crippen molar-refractivity contribution >= 4 is 17.7 Å². The van der Waals surface area contributed by atoms with Gasteiger partial charge in [-0.3, -0.25) is 4.79 Å². The van der Waals surface area contributed by atoms with E-state index in [9.17, 15) is 4.79 Å². The van der Waals surface area contributed by atoms with Gasteiger partial charge in [-0.1, -0.05) is 12.1 Å². The second kappa shape index (κ2) is 7.78. The largest absolute Gasteiger partial charge is 0.352 e. The number of tetrazole rings is 1. The standard InChI is InChI=1S/C14H19N5OS/c1-11-16-17-18-19(11)10-12-4-6-13(7-5-12)14(20)15-8-3-9-21-2/h4-7H,3,8-10H2,1-2H3,(H,15,20). The third-order valence-corrected chi connectivity index (χ3v) is 3.77. The summed E-state index contributed by atoms with van der Waals surface area (Å²) in [5, 5.41) is 14.3. The molecule has 6 nitrogen and oxygen atoms in total. The molecule has 0 spiro atoms. The molecule has 1 aromatic carbocycles. The molecule has 1 heterocycles. The van der Waals surface area contributed by atoms with Crippen molar-refractivity contribution in [2.24, 2.45) is 0 Å². The van der Waals surface area contributed by atoms with Gasteiger partial charge < -0.3 is 5.32 Å². The van der Waals surface area contributed by atoms with Gasteiger partial charge in [0.1, 0.15) is 5.82 Å². The lowest BCUT2D eigenvalue weighted by Gasteiger charge is -2.06. The van der Waals surface area contributed by atoms with Gasteiger partial charge >= 0.3 is 0 Å². The van der Waals surface area contributed by atoms with Crippen LogP contribution in [0, 0.1) is 6.92 Å². The zero-order chi connectivity index (χ0) is 15.1. The maximum absolute atomic E-state index is 11.9. The molecule has 2 aromatic rings. The third kappa shape index (κ3) is 4.56. The van der Waals surface area contributed by atoms with Gasteiger partial charge in [-0.15, -0.1) is 5.10 Å². The molecule has 0 aliphatic rings. The summed E-state index contributed by atoms with van der Waals surface area (Å²) in [4.78, 5) is 11.9. The number of benzene rings is 1. The van der Waals surface area contributed by atoms with Crippen molar-refractivity contribution in [1.82, 2.24) is 25.5 Å². The molecule has 1 amide bonds. The van der Waals surface area contributed by atoms with Gasteiger partial charge in [-0.05, 0) is 53.5 Å². The van der Waals surface area contributed by atoms with E-state index in [1.165, 1.54) is 0 Å². The molecule has 0 atom stereocenters. The van der Waals surface area contributed by atoms with E-state index in [0.29, 0.717) is 18.7 Å². The fourth-order valence-electron chi connectivity index (χ4n) is 1.85. The van der Waals surface area contributed by atoms with E-state index in [-0.39, 0.29) is 5.91 Å². The molecule has 0 saturated heterocycles. The second-order valence-electron chi connectivity index (χ2n) is 4.68.